The van der Waals surface area contributed by atoms with Gasteiger partial charge >= 0.3 is 0 Å². The lowest BCUT2D eigenvalue weighted by molar-refractivity contribution is -0.0503. The molecule has 1 N–H and O–H groups in total. The van der Waals surface area contributed by atoms with Crippen molar-refractivity contribution in [2.45, 2.75) is 52.1 Å². The molecular weight excluding hydrogens is 366 g/mol. The molecule has 4 aliphatic rings. The Morgan fingerprint density at radius 1 is 1.11 bits per heavy atom. The van der Waals surface area contributed by atoms with Crippen LogP contribution < -0.4 is 10.1 Å². The van der Waals surface area contributed by atoms with Gasteiger partial charge in [0.1, 0.15) is 12.4 Å². The normalized spacial score (nSPS) is 30.4. The maximum atomic E-state index is 12.7. The number of rotatable bonds is 6. The zero-order valence-corrected chi connectivity index (χ0v) is 17.4. The monoisotopic (exact) mass is 395 g/mol. The van der Waals surface area contributed by atoms with E-state index in [-0.39, 0.29) is 5.91 Å². The number of carbonyl (C=O) groups excluding carboxylic acids is 1. The summed E-state index contributed by atoms with van der Waals surface area (Å²) in [6, 6.07) is 10.0. The van der Waals surface area contributed by atoms with Crippen molar-refractivity contribution in [3.05, 3.63) is 51.7 Å². The molecule has 4 aliphatic carbocycles. The SMILES string of the molecule is Cc1ccc(OCc2csc(C(=O)NCC34CC5CC(CC(C5)C3)C4)c2)cc1. The van der Waals surface area contributed by atoms with Crippen LogP contribution in [0.3, 0.4) is 0 Å². The number of carbonyl (C=O) groups is 1. The van der Waals surface area contributed by atoms with Gasteiger partial charge in [-0.15, -0.1) is 11.3 Å². The van der Waals surface area contributed by atoms with Crippen LogP contribution in [-0.2, 0) is 6.61 Å². The fourth-order valence-electron chi connectivity index (χ4n) is 6.23. The van der Waals surface area contributed by atoms with E-state index >= 15 is 0 Å². The van der Waals surface area contributed by atoms with Crippen LogP contribution >= 0.6 is 11.3 Å². The average molecular weight is 396 g/mol. The first-order valence-corrected chi connectivity index (χ1v) is 11.5. The molecule has 3 nitrogen and oxygen atoms in total. The Hall–Kier alpha value is -1.81. The zero-order chi connectivity index (χ0) is 19.1. The third-order valence-corrected chi connectivity index (χ3v) is 8.07. The lowest BCUT2D eigenvalue weighted by Gasteiger charge is -2.56. The van der Waals surface area contributed by atoms with Crippen LogP contribution in [0.2, 0.25) is 0 Å². The zero-order valence-electron chi connectivity index (χ0n) is 16.6. The van der Waals surface area contributed by atoms with Crippen LogP contribution in [0.5, 0.6) is 5.75 Å². The van der Waals surface area contributed by atoms with E-state index in [4.69, 9.17) is 4.74 Å². The summed E-state index contributed by atoms with van der Waals surface area (Å²) in [7, 11) is 0. The number of amides is 1. The molecule has 0 radical (unpaired) electrons. The minimum atomic E-state index is 0.0855. The van der Waals surface area contributed by atoms with Crippen molar-refractivity contribution >= 4 is 17.2 Å². The van der Waals surface area contributed by atoms with E-state index in [2.05, 4.69) is 12.2 Å². The maximum absolute atomic E-state index is 12.7. The number of aryl methyl sites for hydroxylation is 1. The second kappa shape index (κ2) is 7.22. The van der Waals surface area contributed by atoms with Gasteiger partial charge in [0, 0.05) is 12.1 Å². The molecule has 0 spiro atoms. The van der Waals surface area contributed by atoms with E-state index in [1.54, 1.807) is 0 Å². The van der Waals surface area contributed by atoms with Crippen molar-refractivity contribution in [1.29, 1.82) is 0 Å². The fourth-order valence-corrected chi connectivity index (χ4v) is 7.05. The van der Waals surface area contributed by atoms with Crippen molar-refractivity contribution in [3.63, 3.8) is 0 Å². The summed E-state index contributed by atoms with van der Waals surface area (Å²) in [4.78, 5) is 13.5. The largest absolute Gasteiger partial charge is 0.489 e. The standard InChI is InChI=1S/C24H29NO2S/c1-16-2-4-21(5-3-16)27-13-20-9-22(28-14-20)23(26)25-15-24-10-17-6-18(11-24)8-19(7-17)12-24/h2-5,9,14,17-19H,6-8,10-13,15H2,1H3,(H,25,26). The Balaban J connectivity index is 1.16. The van der Waals surface area contributed by atoms with Gasteiger partial charge in [-0.3, -0.25) is 4.79 Å². The molecule has 1 aromatic heterocycles. The van der Waals surface area contributed by atoms with Crippen molar-refractivity contribution in [3.8, 4) is 5.75 Å². The highest BCUT2D eigenvalue weighted by Gasteiger charge is 2.50. The topological polar surface area (TPSA) is 38.3 Å². The van der Waals surface area contributed by atoms with Crippen LogP contribution in [0, 0.1) is 30.1 Å². The van der Waals surface area contributed by atoms with Gasteiger partial charge in [-0.25, -0.2) is 0 Å². The molecule has 0 saturated heterocycles. The molecule has 0 aliphatic heterocycles. The first-order chi connectivity index (χ1) is 13.6. The van der Waals surface area contributed by atoms with E-state index in [0.717, 1.165) is 40.5 Å². The molecule has 4 saturated carbocycles. The van der Waals surface area contributed by atoms with E-state index in [9.17, 15) is 4.79 Å². The molecule has 1 amide bonds. The Labute approximate surface area is 171 Å². The Morgan fingerprint density at radius 3 is 2.39 bits per heavy atom. The molecule has 0 atom stereocenters. The molecule has 4 heteroatoms. The quantitative estimate of drug-likeness (QED) is 0.693. The molecule has 1 aromatic carbocycles. The highest BCUT2D eigenvalue weighted by Crippen LogP contribution is 2.59. The van der Waals surface area contributed by atoms with Crippen LogP contribution in [0.4, 0.5) is 0 Å². The summed E-state index contributed by atoms with van der Waals surface area (Å²) >= 11 is 1.52. The molecular formula is C24H29NO2S. The van der Waals surface area contributed by atoms with Crippen LogP contribution in [0.15, 0.2) is 35.7 Å². The second-order valence-corrected chi connectivity index (χ2v) is 10.4. The Bertz CT molecular complexity index is 818. The average Bonchev–Trinajstić information content (AvgIpc) is 3.14. The highest BCUT2D eigenvalue weighted by molar-refractivity contribution is 7.12. The maximum Gasteiger partial charge on any atom is 0.261 e. The van der Waals surface area contributed by atoms with E-state index in [1.165, 1.54) is 55.4 Å². The van der Waals surface area contributed by atoms with Crippen molar-refractivity contribution in [2.75, 3.05) is 6.54 Å². The van der Waals surface area contributed by atoms with Gasteiger partial charge < -0.3 is 10.1 Å². The lowest BCUT2D eigenvalue weighted by atomic mass is 9.49. The van der Waals surface area contributed by atoms with Crippen molar-refractivity contribution in [2.24, 2.45) is 23.2 Å². The van der Waals surface area contributed by atoms with Gasteiger partial charge in [0.15, 0.2) is 0 Å². The number of thiophene rings is 1. The summed E-state index contributed by atoms with van der Waals surface area (Å²) in [6.07, 6.45) is 8.34. The third kappa shape index (κ3) is 3.71. The van der Waals surface area contributed by atoms with Crippen molar-refractivity contribution < 1.29 is 9.53 Å². The molecule has 4 bridgehead atoms. The molecule has 2 aromatic rings. The summed E-state index contributed by atoms with van der Waals surface area (Å²) in [6.45, 7) is 3.43. The Morgan fingerprint density at radius 2 is 1.75 bits per heavy atom. The molecule has 4 fully saturated rings. The molecule has 1 heterocycles. The number of hydrogen-bond donors (Lipinski definition) is 1. The molecule has 148 valence electrons. The van der Waals surface area contributed by atoms with E-state index in [1.807, 2.05) is 35.7 Å². The van der Waals surface area contributed by atoms with Crippen LogP contribution in [0.25, 0.3) is 0 Å². The van der Waals surface area contributed by atoms with Gasteiger partial charge in [-0.2, -0.15) is 0 Å². The Kier molecular flexibility index (Phi) is 4.70. The fraction of sp³-hybridized carbons (Fsp3) is 0.542. The number of ether oxygens (including phenoxy) is 1. The first kappa shape index (κ1) is 18.2. The van der Waals surface area contributed by atoms with Gasteiger partial charge in [-0.1, -0.05) is 17.7 Å². The molecule has 0 unspecified atom stereocenters. The summed E-state index contributed by atoms with van der Waals surface area (Å²) in [5, 5.41) is 5.32. The smallest absolute Gasteiger partial charge is 0.261 e. The number of nitrogens with one attached hydrogen (secondary N) is 1. The molecule has 28 heavy (non-hydrogen) atoms. The van der Waals surface area contributed by atoms with E-state index in [0.29, 0.717) is 12.0 Å². The van der Waals surface area contributed by atoms with Gasteiger partial charge in [0.25, 0.3) is 5.91 Å². The minimum Gasteiger partial charge on any atom is -0.489 e. The summed E-state index contributed by atoms with van der Waals surface area (Å²) < 4.78 is 5.84. The first-order valence-electron chi connectivity index (χ1n) is 10.6. The summed E-state index contributed by atoms with van der Waals surface area (Å²) in [5.74, 6) is 3.73. The van der Waals surface area contributed by atoms with Crippen LogP contribution in [0.1, 0.15) is 59.3 Å². The third-order valence-electron chi connectivity index (χ3n) is 7.09. The predicted molar refractivity (Wildman–Crippen MR) is 113 cm³/mol. The second-order valence-electron chi connectivity index (χ2n) is 9.52. The van der Waals surface area contributed by atoms with Gasteiger partial charge in [-0.05, 0) is 92.2 Å². The predicted octanol–water partition coefficient (Wildman–Crippen LogP) is 5.58. The van der Waals surface area contributed by atoms with Crippen molar-refractivity contribution in [1.82, 2.24) is 5.32 Å². The number of benzene rings is 1. The minimum absolute atomic E-state index is 0.0855. The van der Waals surface area contributed by atoms with Gasteiger partial charge in [0.05, 0.1) is 4.88 Å². The highest BCUT2D eigenvalue weighted by atomic mass is 32.1. The number of hydrogen-bond acceptors (Lipinski definition) is 3. The van der Waals surface area contributed by atoms with E-state index < -0.39 is 0 Å². The summed E-state index contributed by atoms with van der Waals surface area (Å²) in [5.41, 5.74) is 2.67. The van der Waals surface area contributed by atoms with Crippen LogP contribution in [-0.4, -0.2) is 12.5 Å². The molecule has 6 rings (SSSR count). The lowest BCUT2D eigenvalue weighted by Crippen LogP contribution is -2.51. The van der Waals surface area contributed by atoms with Gasteiger partial charge in [0.2, 0.25) is 0 Å².